The topological polar surface area (TPSA) is 3.24 Å². The molecule has 0 aromatic heterocycles. The maximum absolute atomic E-state index is 14.4. The molecule has 133 valence electrons. The van der Waals surface area contributed by atoms with E-state index in [0.717, 1.165) is 7.05 Å². The molecule has 0 fully saturated rings. The van der Waals surface area contributed by atoms with Gasteiger partial charge in [-0.05, 0) is 43.1 Å². The van der Waals surface area contributed by atoms with E-state index in [1.165, 1.54) is 18.7 Å². The average molecular weight is 429 g/mol. The van der Waals surface area contributed by atoms with Gasteiger partial charge in [0.05, 0.1) is 5.70 Å². The highest BCUT2D eigenvalue weighted by molar-refractivity contribution is 9.10. The minimum atomic E-state index is -6.14. The van der Waals surface area contributed by atoms with Gasteiger partial charge < -0.3 is 4.90 Å². The van der Waals surface area contributed by atoms with Crippen LogP contribution in [0, 0.1) is 6.08 Å². The van der Waals surface area contributed by atoms with Crippen molar-refractivity contribution in [2.75, 3.05) is 19.1 Å². The van der Waals surface area contributed by atoms with Gasteiger partial charge in [-0.15, -0.1) is 0 Å². The minimum Gasteiger partial charge on any atom is -0.356 e. The lowest BCUT2D eigenvalue weighted by molar-refractivity contribution is -0.331. The van der Waals surface area contributed by atoms with Crippen molar-refractivity contribution in [2.24, 2.45) is 0 Å². The number of allylic oxidation sites excluding steroid dienone is 3. The van der Waals surface area contributed by atoms with Gasteiger partial charge in [0.25, 0.3) is 0 Å². The van der Waals surface area contributed by atoms with E-state index < -0.39 is 28.2 Å². The molecule has 0 saturated carbocycles. The Morgan fingerprint density at radius 3 is 2.04 bits per heavy atom. The second-order valence-corrected chi connectivity index (χ2v) is 7.35. The Hall–Kier alpha value is -0.380. The molecule has 0 spiro atoms. The third kappa shape index (κ3) is 3.67. The van der Waals surface area contributed by atoms with Crippen LogP contribution in [0.4, 0.5) is 30.7 Å². The fourth-order valence-electron chi connectivity index (χ4n) is 2.16. The lowest BCUT2D eigenvalue weighted by Crippen LogP contribution is -2.60. The summed E-state index contributed by atoms with van der Waals surface area (Å²) in [5.74, 6) is 0.431. The van der Waals surface area contributed by atoms with E-state index in [4.69, 9.17) is 0 Å². The first-order chi connectivity index (χ1) is 10.2. The Bertz CT molecular complexity index is 497. The number of rotatable bonds is 4. The van der Waals surface area contributed by atoms with Crippen LogP contribution < -0.4 is 0 Å². The van der Waals surface area contributed by atoms with Crippen LogP contribution in [0.2, 0.25) is 0 Å². The predicted octanol–water partition coefficient (Wildman–Crippen LogP) is 5.24. The van der Waals surface area contributed by atoms with Crippen LogP contribution in [0.5, 0.6) is 0 Å². The quantitative estimate of drug-likeness (QED) is 0.342. The van der Waals surface area contributed by atoms with Gasteiger partial charge in [0.1, 0.15) is 4.45 Å². The number of hydrogen-bond donors (Lipinski definition) is 0. The number of alkyl halides is 8. The summed E-state index contributed by atoms with van der Waals surface area (Å²) in [6, 6.07) is 0. The number of halogens is 8. The minimum absolute atomic E-state index is 0.00777. The van der Waals surface area contributed by atoms with Crippen molar-refractivity contribution >= 4 is 27.7 Å². The Labute approximate surface area is 142 Å². The highest BCUT2D eigenvalue weighted by Gasteiger charge is 2.76. The van der Waals surface area contributed by atoms with Gasteiger partial charge >= 0.3 is 18.0 Å². The van der Waals surface area contributed by atoms with Gasteiger partial charge in [-0.25, -0.2) is 4.39 Å². The van der Waals surface area contributed by atoms with Gasteiger partial charge in [0, 0.05) is 7.05 Å². The van der Waals surface area contributed by atoms with E-state index in [2.05, 4.69) is 22.0 Å². The predicted molar refractivity (Wildman–Crippen MR) is 78.9 cm³/mol. The Morgan fingerprint density at radius 1 is 1.17 bits per heavy atom. The fourth-order valence-corrected chi connectivity index (χ4v) is 3.63. The molecule has 10 heteroatoms. The van der Waals surface area contributed by atoms with Gasteiger partial charge in [0.2, 0.25) is 0 Å². The molecular formula is C13H14BrF7NS. The third-order valence-corrected chi connectivity index (χ3v) is 5.15. The normalized spacial score (nSPS) is 23.7. The first-order valence-electron chi connectivity index (χ1n) is 6.28. The molecule has 0 bridgehead atoms. The molecule has 1 atom stereocenters. The summed E-state index contributed by atoms with van der Waals surface area (Å²) in [6.07, 6.45) is -7.13. The molecule has 1 aliphatic heterocycles. The highest BCUT2D eigenvalue weighted by Crippen LogP contribution is 2.54. The SMILES string of the molecule is CSCCC1(Br)[C]=C(C)C=C(C(F)(C(F)(F)F)C(F)(F)F)N1C. The molecule has 1 rings (SSSR count). The van der Waals surface area contributed by atoms with Crippen LogP contribution in [0.15, 0.2) is 17.3 Å². The molecule has 0 saturated heterocycles. The van der Waals surface area contributed by atoms with Crippen molar-refractivity contribution in [3.8, 4) is 0 Å². The third-order valence-electron chi connectivity index (χ3n) is 3.41. The molecule has 0 aliphatic carbocycles. The summed E-state index contributed by atoms with van der Waals surface area (Å²) in [5, 5.41) is 0. The van der Waals surface area contributed by atoms with Crippen LogP contribution in [0.1, 0.15) is 13.3 Å². The van der Waals surface area contributed by atoms with Crippen molar-refractivity contribution < 1.29 is 30.7 Å². The molecule has 0 N–H and O–H groups in total. The van der Waals surface area contributed by atoms with E-state index in [-0.39, 0.29) is 12.0 Å². The monoisotopic (exact) mass is 428 g/mol. The largest absolute Gasteiger partial charge is 0.437 e. The van der Waals surface area contributed by atoms with E-state index in [1.807, 2.05) is 0 Å². The van der Waals surface area contributed by atoms with E-state index >= 15 is 0 Å². The molecule has 1 heterocycles. The van der Waals surface area contributed by atoms with Gasteiger partial charge in [-0.3, -0.25) is 0 Å². The van der Waals surface area contributed by atoms with E-state index in [0.29, 0.717) is 16.7 Å². The maximum Gasteiger partial charge on any atom is 0.437 e. The first-order valence-corrected chi connectivity index (χ1v) is 8.47. The molecule has 0 aromatic carbocycles. The molecule has 1 radical (unpaired) electrons. The number of hydrogen-bond acceptors (Lipinski definition) is 2. The van der Waals surface area contributed by atoms with Crippen LogP contribution in [-0.2, 0) is 0 Å². The molecule has 23 heavy (non-hydrogen) atoms. The maximum atomic E-state index is 14.4. The zero-order valence-corrected chi connectivity index (χ0v) is 14.8. The van der Waals surface area contributed by atoms with Crippen molar-refractivity contribution in [3.05, 3.63) is 23.4 Å². The van der Waals surface area contributed by atoms with Crippen LogP contribution in [-0.4, -0.2) is 46.4 Å². The molecule has 0 aromatic rings. The number of thioether (sulfide) groups is 1. The smallest absolute Gasteiger partial charge is 0.356 e. The number of likely N-dealkylation sites (N-methyl/N-ethyl adjacent to an activating group) is 1. The zero-order valence-electron chi connectivity index (χ0n) is 12.4. The Balaban J connectivity index is 3.47. The summed E-state index contributed by atoms with van der Waals surface area (Å²) < 4.78 is 90.8. The molecule has 1 nitrogen and oxygen atoms in total. The lowest BCUT2D eigenvalue weighted by atomic mass is 9.92. The standard InChI is InChI=1S/C13H14BrF7NS/c1-8-6-9(11(15,12(16,17)18)13(19,20)21)22(2)10(14,7-8)4-5-23-3/h6H,4-5H2,1-3H3. The Morgan fingerprint density at radius 2 is 1.65 bits per heavy atom. The van der Waals surface area contributed by atoms with Crippen molar-refractivity contribution in [3.63, 3.8) is 0 Å². The van der Waals surface area contributed by atoms with Gasteiger partial charge in [0.15, 0.2) is 0 Å². The zero-order chi connectivity index (χ0) is 18.3. The van der Waals surface area contributed by atoms with E-state index in [9.17, 15) is 30.7 Å². The Kier molecular flexibility index (Phi) is 5.84. The highest BCUT2D eigenvalue weighted by atomic mass is 79.9. The average Bonchev–Trinajstić information content (AvgIpc) is 2.37. The summed E-state index contributed by atoms with van der Waals surface area (Å²) >= 11 is 4.46. The molecule has 0 amide bonds. The first kappa shape index (κ1) is 20.7. The fraction of sp³-hybridized carbons (Fsp3) is 0.692. The van der Waals surface area contributed by atoms with E-state index in [1.54, 1.807) is 6.26 Å². The summed E-state index contributed by atoms with van der Waals surface area (Å²) in [7, 11) is 0.978. The molecule has 1 aliphatic rings. The summed E-state index contributed by atoms with van der Waals surface area (Å²) in [4.78, 5) is 0.608. The van der Waals surface area contributed by atoms with Crippen LogP contribution in [0.3, 0.4) is 0 Å². The second kappa shape index (κ2) is 6.50. The summed E-state index contributed by atoms with van der Waals surface area (Å²) in [6.45, 7) is 1.27. The molecule has 1 unspecified atom stereocenters. The van der Waals surface area contributed by atoms with Gasteiger partial charge in [-0.1, -0.05) is 15.9 Å². The van der Waals surface area contributed by atoms with Crippen molar-refractivity contribution in [1.29, 1.82) is 0 Å². The summed E-state index contributed by atoms with van der Waals surface area (Å²) in [5.41, 5.74) is -6.98. The van der Waals surface area contributed by atoms with Crippen LogP contribution in [0.25, 0.3) is 0 Å². The second-order valence-electron chi connectivity index (χ2n) is 5.05. The van der Waals surface area contributed by atoms with Crippen molar-refractivity contribution in [1.82, 2.24) is 4.90 Å². The van der Waals surface area contributed by atoms with Gasteiger partial charge in [-0.2, -0.15) is 38.1 Å². The molecular weight excluding hydrogens is 415 g/mol. The van der Waals surface area contributed by atoms with Crippen molar-refractivity contribution in [2.45, 2.75) is 35.8 Å². The number of nitrogens with zero attached hydrogens (tertiary/aromatic N) is 1. The van der Waals surface area contributed by atoms with Crippen LogP contribution >= 0.6 is 27.7 Å². The lowest BCUT2D eigenvalue weighted by Gasteiger charge is -2.45.